The van der Waals surface area contributed by atoms with Crippen molar-refractivity contribution in [2.75, 3.05) is 5.32 Å². The van der Waals surface area contributed by atoms with Crippen LogP contribution in [0.1, 0.15) is 5.69 Å². The molecule has 2 aromatic heterocycles. The number of para-hydroxylation sites is 1. The quantitative estimate of drug-likeness (QED) is 0.560. The first-order chi connectivity index (χ1) is 9.75. The van der Waals surface area contributed by atoms with Gasteiger partial charge in [0.25, 0.3) is 5.69 Å². The summed E-state index contributed by atoms with van der Waals surface area (Å²) in [4.78, 5) is 21.6. The van der Waals surface area contributed by atoms with E-state index < -0.39 is 4.92 Å². The SMILES string of the molecule is O=[N+]([O-])c1cccc2c(NCc3cnc[nH]3)ccnc12. The van der Waals surface area contributed by atoms with Crippen molar-refractivity contribution in [3.05, 3.63) is 58.8 Å². The van der Waals surface area contributed by atoms with Gasteiger partial charge >= 0.3 is 0 Å². The van der Waals surface area contributed by atoms with Crippen LogP contribution in [0.3, 0.4) is 0 Å². The van der Waals surface area contributed by atoms with Crippen molar-refractivity contribution in [3.8, 4) is 0 Å². The predicted molar refractivity (Wildman–Crippen MR) is 74.3 cm³/mol. The third-order valence-corrected chi connectivity index (χ3v) is 2.97. The molecule has 0 saturated carbocycles. The van der Waals surface area contributed by atoms with Gasteiger partial charge in [0.1, 0.15) is 5.52 Å². The molecule has 0 bridgehead atoms. The number of fused-ring (bicyclic) bond motifs is 1. The summed E-state index contributed by atoms with van der Waals surface area (Å²) >= 11 is 0. The minimum Gasteiger partial charge on any atom is -0.379 e. The fourth-order valence-corrected chi connectivity index (χ4v) is 2.03. The van der Waals surface area contributed by atoms with Crippen LogP contribution < -0.4 is 5.32 Å². The Balaban J connectivity index is 1.99. The molecule has 7 nitrogen and oxygen atoms in total. The van der Waals surface area contributed by atoms with Gasteiger partial charge in [0.2, 0.25) is 0 Å². The molecular weight excluding hydrogens is 258 g/mol. The van der Waals surface area contributed by atoms with Gasteiger partial charge in [0.15, 0.2) is 0 Å². The van der Waals surface area contributed by atoms with Crippen molar-refractivity contribution in [2.24, 2.45) is 0 Å². The number of aromatic amines is 1. The van der Waals surface area contributed by atoms with E-state index in [-0.39, 0.29) is 5.69 Å². The Kier molecular flexibility index (Phi) is 3.00. The van der Waals surface area contributed by atoms with E-state index in [0.29, 0.717) is 12.1 Å². The average Bonchev–Trinajstić information content (AvgIpc) is 2.97. The zero-order valence-corrected chi connectivity index (χ0v) is 10.4. The van der Waals surface area contributed by atoms with Gasteiger partial charge < -0.3 is 10.3 Å². The third-order valence-electron chi connectivity index (χ3n) is 2.97. The zero-order valence-electron chi connectivity index (χ0n) is 10.4. The van der Waals surface area contributed by atoms with Crippen molar-refractivity contribution >= 4 is 22.3 Å². The smallest absolute Gasteiger partial charge is 0.295 e. The maximum atomic E-state index is 11.0. The van der Waals surface area contributed by atoms with Crippen LogP contribution >= 0.6 is 0 Å². The molecule has 7 heteroatoms. The highest BCUT2D eigenvalue weighted by molar-refractivity contribution is 5.96. The van der Waals surface area contributed by atoms with Crippen LogP contribution in [0.2, 0.25) is 0 Å². The first kappa shape index (κ1) is 12.1. The highest BCUT2D eigenvalue weighted by Crippen LogP contribution is 2.28. The summed E-state index contributed by atoms with van der Waals surface area (Å²) in [6.45, 7) is 0.557. The fraction of sp³-hybridized carbons (Fsp3) is 0.0769. The van der Waals surface area contributed by atoms with Crippen LogP contribution in [0.15, 0.2) is 43.0 Å². The average molecular weight is 269 g/mol. The third kappa shape index (κ3) is 2.16. The number of H-pyrrole nitrogens is 1. The second kappa shape index (κ2) is 4.96. The van der Waals surface area contributed by atoms with Crippen molar-refractivity contribution < 1.29 is 4.92 Å². The molecule has 0 spiro atoms. The summed E-state index contributed by atoms with van der Waals surface area (Å²) in [6, 6.07) is 6.71. The Morgan fingerprint density at radius 2 is 2.25 bits per heavy atom. The molecule has 0 saturated heterocycles. The number of hydrogen-bond acceptors (Lipinski definition) is 5. The van der Waals surface area contributed by atoms with Crippen molar-refractivity contribution in [1.29, 1.82) is 0 Å². The lowest BCUT2D eigenvalue weighted by Gasteiger charge is -2.08. The maximum absolute atomic E-state index is 11.0. The highest BCUT2D eigenvalue weighted by atomic mass is 16.6. The highest BCUT2D eigenvalue weighted by Gasteiger charge is 2.14. The Labute approximate surface area is 113 Å². The van der Waals surface area contributed by atoms with Crippen molar-refractivity contribution in [1.82, 2.24) is 15.0 Å². The normalized spacial score (nSPS) is 10.6. The van der Waals surface area contributed by atoms with Gasteiger partial charge in [-0.05, 0) is 6.07 Å². The first-order valence-corrected chi connectivity index (χ1v) is 5.99. The molecule has 2 N–H and O–H groups in total. The molecule has 20 heavy (non-hydrogen) atoms. The van der Waals surface area contributed by atoms with Crippen LogP contribution in [0.4, 0.5) is 11.4 Å². The number of nitro groups is 1. The van der Waals surface area contributed by atoms with Gasteiger partial charge in [-0.15, -0.1) is 0 Å². The molecular formula is C13H11N5O2. The minimum absolute atomic E-state index is 0.00712. The van der Waals surface area contributed by atoms with E-state index >= 15 is 0 Å². The van der Waals surface area contributed by atoms with E-state index in [1.165, 1.54) is 6.07 Å². The summed E-state index contributed by atoms with van der Waals surface area (Å²) in [5.41, 5.74) is 2.12. The summed E-state index contributed by atoms with van der Waals surface area (Å²) in [7, 11) is 0. The number of nitrogens with zero attached hydrogens (tertiary/aromatic N) is 3. The molecule has 0 radical (unpaired) electrons. The molecule has 0 aliphatic heterocycles. The Morgan fingerprint density at radius 3 is 3.00 bits per heavy atom. The molecule has 0 amide bonds. The second-order valence-electron chi connectivity index (χ2n) is 4.22. The Hall–Kier alpha value is -2.96. The summed E-state index contributed by atoms with van der Waals surface area (Å²) in [6.07, 6.45) is 4.88. The molecule has 2 heterocycles. The van der Waals surface area contributed by atoms with E-state index in [2.05, 4.69) is 20.3 Å². The summed E-state index contributed by atoms with van der Waals surface area (Å²) in [5.74, 6) is 0. The number of anilines is 1. The molecule has 1 aromatic carbocycles. The van der Waals surface area contributed by atoms with E-state index in [0.717, 1.165) is 16.8 Å². The molecule has 3 rings (SSSR count). The number of aromatic nitrogens is 3. The molecule has 3 aromatic rings. The topological polar surface area (TPSA) is 96.7 Å². The minimum atomic E-state index is -0.423. The van der Waals surface area contributed by atoms with Gasteiger partial charge in [0, 0.05) is 29.5 Å². The number of benzene rings is 1. The van der Waals surface area contributed by atoms with Crippen LogP contribution in [0.5, 0.6) is 0 Å². The summed E-state index contributed by atoms with van der Waals surface area (Å²) < 4.78 is 0. The molecule has 0 fully saturated rings. The number of rotatable bonds is 4. The van der Waals surface area contributed by atoms with Crippen LogP contribution in [-0.2, 0) is 6.54 Å². The molecule has 0 aliphatic carbocycles. The Bertz CT molecular complexity index is 755. The number of pyridine rings is 1. The first-order valence-electron chi connectivity index (χ1n) is 5.99. The largest absolute Gasteiger partial charge is 0.379 e. The summed E-state index contributed by atoms with van der Waals surface area (Å²) in [5, 5.41) is 14.9. The number of nitrogens with one attached hydrogen (secondary N) is 2. The standard InChI is InChI=1S/C13H11N5O2/c19-18(20)12-3-1-2-10-11(4-5-15-13(10)12)16-7-9-6-14-8-17-9/h1-6,8H,7H2,(H,14,17)(H,15,16). The predicted octanol–water partition coefficient (Wildman–Crippen LogP) is 2.48. The molecule has 0 unspecified atom stereocenters. The van der Waals surface area contributed by atoms with Gasteiger partial charge in [-0.1, -0.05) is 12.1 Å². The number of non-ortho nitro benzene ring substituents is 1. The van der Waals surface area contributed by atoms with E-state index in [9.17, 15) is 10.1 Å². The van der Waals surface area contributed by atoms with Crippen molar-refractivity contribution in [2.45, 2.75) is 6.54 Å². The number of imidazole rings is 1. The van der Waals surface area contributed by atoms with Crippen LogP contribution in [0, 0.1) is 10.1 Å². The van der Waals surface area contributed by atoms with Crippen LogP contribution in [0.25, 0.3) is 10.9 Å². The Morgan fingerprint density at radius 1 is 1.35 bits per heavy atom. The zero-order chi connectivity index (χ0) is 13.9. The molecule has 0 atom stereocenters. The number of hydrogen-bond donors (Lipinski definition) is 2. The van der Waals surface area contributed by atoms with Crippen LogP contribution in [-0.4, -0.2) is 19.9 Å². The second-order valence-corrected chi connectivity index (χ2v) is 4.22. The van der Waals surface area contributed by atoms with Gasteiger partial charge in [0.05, 0.1) is 23.5 Å². The monoisotopic (exact) mass is 269 g/mol. The van der Waals surface area contributed by atoms with E-state index in [4.69, 9.17) is 0 Å². The van der Waals surface area contributed by atoms with Crippen molar-refractivity contribution in [3.63, 3.8) is 0 Å². The van der Waals surface area contributed by atoms with Gasteiger partial charge in [-0.25, -0.2) is 9.97 Å². The lowest BCUT2D eigenvalue weighted by molar-refractivity contribution is -0.383. The van der Waals surface area contributed by atoms with Gasteiger partial charge in [-0.2, -0.15) is 0 Å². The number of nitro benzene ring substituents is 1. The lowest BCUT2D eigenvalue weighted by atomic mass is 10.1. The van der Waals surface area contributed by atoms with E-state index in [1.54, 1.807) is 30.9 Å². The van der Waals surface area contributed by atoms with Gasteiger partial charge in [-0.3, -0.25) is 10.1 Å². The lowest BCUT2D eigenvalue weighted by Crippen LogP contribution is -2.01. The maximum Gasteiger partial charge on any atom is 0.295 e. The fourth-order valence-electron chi connectivity index (χ4n) is 2.03. The molecule has 0 aliphatic rings. The molecule has 100 valence electrons. The van der Waals surface area contributed by atoms with E-state index in [1.807, 2.05) is 6.07 Å².